The van der Waals surface area contributed by atoms with Crippen LogP contribution in [0.15, 0.2) is 25.3 Å². The summed E-state index contributed by atoms with van der Waals surface area (Å²) in [6.45, 7) is 30.7. The molecule has 29 heavy (non-hydrogen) atoms. The number of hydrogen-bond donors (Lipinski definition) is 0. The number of rotatable bonds is 10. The third-order valence-corrected chi connectivity index (χ3v) is 4.22. The highest BCUT2D eigenvalue weighted by molar-refractivity contribution is 5.45. The zero-order valence-electron chi connectivity index (χ0n) is 21.7. The lowest BCUT2D eigenvalue weighted by atomic mass is 9.99. The van der Waals surface area contributed by atoms with Crippen LogP contribution in [0.25, 0.3) is 0 Å². The van der Waals surface area contributed by atoms with Gasteiger partial charge in [-0.25, -0.2) is 0 Å². The van der Waals surface area contributed by atoms with E-state index < -0.39 is 0 Å². The summed E-state index contributed by atoms with van der Waals surface area (Å²) in [5.41, 5.74) is 3.78. The molecular weight excluding hydrogens is 356 g/mol. The molecule has 0 radical (unpaired) electrons. The van der Waals surface area contributed by atoms with Crippen LogP contribution < -0.4 is 4.74 Å². The van der Waals surface area contributed by atoms with Crippen LogP contribution in [0.2, 0.25) is 0 Å². The summed E-state index contributed by atoms with van der Waals surface area (Å²) in [5.74, 6) is 1.75. The molecule has 0 bridgehead atoms. The Bertz CT molecular complexity index is 464. The molecule has 0 amide bonds. The summed E-state index contributed by atoms with van der Waals surface area (Å²) < 4.78 is 12.3. The molecule has 0 fully saturated rings. The van der Waals surface area contributed by atoms with Crippen LogP contribution in [-0.2, 0) is 24.0 Å². The minimum Gasteiger partial charge on any atom is -0.490 e. The van der Waals surface area contributed by atoms with Crippen molar-refractivity contribution in [2.75, 3.05) is 13.2 Å². The van der Waals surface area contributed by atoms with Gasteiger partial charge in [0.1, 0.15) is 12.4 Å². The van der Waals surface area contributed by atoms with Crippen molar-refractivity contribution in [3.63, 3.8) is 0 Å². The molecule has 0 heterocycles. The van der Waals surface area contributed by atoms with Crippen LogP contribution in [0.5, 0.6) is 5.75 Å². The van der Waals surface area contributed by atoms with Gasteiger partial charge in [0.2, 0.25) is 0 Å². The number of hydrogen-bond acceptors (Lipinski definition) is 2. The van der Waals surface area contributed by atoms with Crippen LogP contribution in [0.3, 0.4) is 0 Å². The molecule has 0 saturated heterocycles. The maximum Gasteiger partial charge on any atom is 0.125 e. The minimum atomic E-state index is -0.256. The first-order chi connectivity index (χ1) is 13.8. The van der Waals surface area contributed by atoms with Gasteiger partial charge < -0.3 is 9.47 Å². The van der Waals surface area contributed by atoms with Gasteiger partial charge in [0.15, 0.2) is 0 Å². The highest BCUT2D eigenvalue weighted by atomic mass is 16.5. The molecule has 0 aliphatic carbocycles. The van der Waals surface area contributed by atoms with E-state index >= 15 is 0 Å². The van der Waals surface area contributed by atoms with Crippen LogP contribution in [0.1, 0.15) is 99.3 Å². The third-order valence-electron chi connectivity index (χ3n) is 4.22. The van der Waals surface area contributed by atoms with E-state index in [0.717, 1.165) is 38.0 Å². The largest absolute Gasteiger partial charge is 0.490 e. The Morgan fingerprint density at radius 1 is 0.862 bits per heavy atom. The lowest BCUT2D eigenvalue weighted by molar-refractivity contribution is -0.0505. The first-order valence-electron chi connectivity index (χ1n) is 11.7. The second-order valence-corrected chi connectivity index (χ2v) is 7.38. The Kier molecular flexibility index (Phi) is 22.3. The van der Waals surface area contributed by atoms with E-state index in [-0.39, 0.29) is 5.60 Å². The van der Waals surface area contributed by atoms with Crippen LogP contribution >= 0.6 is 0 Å². The zero-order valence-corrected chi connectivity index (χ0v) is 21.7. The van der Waals surface area contributed by atoms with E-state index in [2.05, 4.69) is 73.8 Å². The summed E-state index contributed by atoms with van der Waals surface area (Å²) in [5, 5.41) is 0. The zero-order chi connectivity index (χ0) is 23.5. The SMILES string of the molecule is C=C.CC.CC.CCc1cc(CC)c(OCC(C)(C)OCCC(C)C)c(CC)c1. The predicted molar refractivity (Wildman–Crippen MR) is 134 cm³/mol. The molecule has 172 valence electrons. The molecule has 0 aromatic heterocycles. The molecular formula is C27H52O2. The van der Waals surface area contributed by atoms with Gasteiger partial charge in [0.25, 0.3) is 0 Å². The van der Waals surface area contributed by atoms with Gasteiger partial charge in [0, 0.05) is 6.61 Å². The van der Waals surface area contributed by atoms with Crippen molar-refractivity contribution in [1.29, 1.82) is 0 Å². The van der Waals surface area contributed by atoms with Gasteiger partial charge in [-0.05, 0) is 62.1 Å². The highest BCUT2D eigenvalue weighted by Crippen LogP contribution is 2.29. The Balaban J connectivity index is -0.00000103. The van der Waals surface area contributed by atoms with Crippen molar-refractivity contribution in [3.05, 3.63) is 42.0 Å². The molecule has 2 heteroatoms. The molecule has 0 saturated carbocycles. The van der Waals surface area contributed by atoms with Crippen molar-refractivity contribution in [3.8, 4) is 5.75 Å². The maximum absolute atomic E-state index is 6.25. The summed E-state index contributed by atoms with van der Waals surface area (Å²) in [6, 6.07) is 4.59. The maximum atomic E-state index is 6.25. The Morgan fingerprint density at radius 2 is 1.31 bits per heavy atom. The molecule has 0 aliphatic rings. The van der Waals surface area contributed by atoms with Gasteiger partial charge >= 0.3 is 0 Å². The predicted octanol–water partition coefficient (Wildman–Crippen LogP) is 8.45. The molecule has 2 nitrogen and oxygen atoms in total. The Hall–Kier alpha value is -1.28. The highest BCUT2D eigenvalue weighted by Gasteiger charge is 2.21. The van der Waals surface area contributed by atoms with Crippen molar-refractivity contribution < 1.29 is 9.47 Å². The second-order valence-electron chi connectivity index (χ2n) is 7.38. The second kappa shape index (κ2) is 20.0. The summed E-state index contributed by atoms with van der Waals surface area (Å²) >= 11 is 0. The molecule has 1 aromatic rings. The standard InChI is InChI=1S/C21H36O2.2C2H6.C2H4/c1-8-17-13-18(9-2)20(19(10-3)14-17)22-15-21(6,7)23-12-11-16(4)5;3*1-2/h13-14,16H,8-12,15H2,1-7H3;2*1-2H3;1-2H2. The minimum absolute atomic E-state index is 0.256. The van der Waals surface area contributed by atoms with Crippen LogP contribution in [0, 0.1) is 5.92 Å². The summed E-state index contributed by atoms with van der Waals surface area (Å²) in [4.78, 5) is 0. The van der Waals surface area contributed by atoms with E-state index in [1.165, 1.54) is 16.7 Å². The summed E-state index contributed by atoms with van der Waals surface area (Å²) in [7, 11) is 0. The Morgan fingerprint density at radius 3 is 1.66 bits per heavy atom. The molecule has 0 aliphatic heterocycles. The van der Waals surface area contributed by atoms with Crippen molar-refractivity contribution >= 4 is 0 Å². The van der Waals surface area contributed by atoms with Crippen molar-refractivity contribution in [1.82, 2.24) is 0 Å². The fraction of sp³-hybridized carbons (Fsp3) is 0.704. The topological polar surface area (TPSA) is 18.5 Å². The van der Waals surface area contributed by atoms with Gasteiger partial charge in [-0.1, -0.05) is 74.4 Å². The van der Waals surface area contributed by atoms with Crippen LogP contribution in [0.4, 0.5) is 0 Å². The fourth-order valence-electron chi connectivity index (χ4n) is 2.60. The van der Waals surface area contributed by atoms with Gasteiger partial charge in [-0.3, -0.25) is 0 Å². The van der Waals surface area contributed by atoms with E-state index in [1.807, 2.05) is 27.7 Å². The number of ether oxygens (including phenoxy) is 2. The van der Waals surface area contributed by atoms with E-state index in [1.54, 1.807) is 0 Å². The number of benzene rings is 1. The average Bonchev–Trinajstić information content (AvgIpc) is 2.75. The van der Waals surface area contributed by atoms with Crippen molar-refractivity contribution in [2.24, 2.45) is 5.92 Å². The van der Waals surface area contributed by atoms with Gasteiger partial charge in [-0.15, -0.1) is 13.2 Å². The molecule has 1 rings (SSSR count). The normalized spacial score (nSPS) is 10.1. The molecule has 0 N–H and O–H groups in total. The van der Waals surface area contributed by atoms with Crippen LogP contribution in [-0.4, -0.2) is 18.8 Å². The first-order valence-corrected chi connectivity index (χ1v) is 11.7. The number of aryl methyl sites for hydroxylation is 3. The Labute approximate surface area is 184 Å². The average molecular weight is 409 g/mol. The molecule has 0 unspecified atom stereocenters. The van der Waals surface area contributed by atoms with Gasteiger partial charge in [0.05, 0.1) is 5.60 Å². The smallest absolute Gasteiger partial charge is 0.125 e. The van der Waals surface area contributed by atoms with E-state index in [9.17, 15) is 0 Å². The fourth-order valence-corrected chi connectivity index (χ4v) is 2.60. The lowest BCUT2D eigenvalue weighted by Crippen LogP contribution is -2.33. The molecule has 0 atom stereocenters. The third kappa shape index (κ3) is 14.4. The quantitative estimate of drug-likeness (QED) is 0.361. The van der Waals surface area contributed by atoms with E-state index in [0.29, 0.717) is 12.5 Å². The first kappa shape index (κ1) is 32.4. The lowest BCUT2D eigenvalue weighted by Gasteiger charge is -2.27. The molecule has 0 spiro atoms. The van der Waals surface area contributed by atoms with E-state index in [4.69, 9.17) is 9.47 Å². The summed E-state index contributed by atoms with van der Waals surface area (Å²) in [6.07, 6.45) is 4.18. The molecule has 1 aromatic carbocycles. The monoisotopic (exact) mass is 408 g/mol. The van der Waals surface area contributed by atoms with Gasteiger partial charge in [-0.2, -0.15) is 0 Å². The van der Waals surface area contributed by atoms with Crippen molar-refractivity contribution in [2.45, 2.75) is 107 Å².